The van der Waals surface area contributed by atoms with E-state index in [0.717, 1.165) is 5.56 Å². The molecule has 2 aromatic heterocycles. The third-order valence-corrected chi connectivity index (χ3v) is 3.22. The fourth-order valence-electron chi connectivity index (χ4n) is 1.86. The number of hydrogen-bond donors (Lipinski definition) is 0. The van der Waals surface area contributed by atoms with Crippen molar-refractivity contribution in [1.82, 2.24) is 20.0 Å². The highest BCUT2D eigenvalue weighted by atomic mass is 16.6. The van der Waals surface area contributed by atoms with Crippen molar-refractivity contribution in [2.24, 2.45) is 0 Å². The topological polar surface area (TPSA) is 81.4 Å². The van der Waals surface area contributed by atoms with Gasteiger partial charge in [-0.15, -0.1) is 0 Å². The van der Waals surface area contributed by atoms with Crippen molar-refractivity contribution in [1.29, 1.82) is 0 Å². The number of rotatable bonds is 4. The summed E-state index contributed by atoms with van der Waals surface area (Å²) in [4.78, 5) is 21.9. The minimum atomic E-state index is -0.522. The van der Waals surface area contributed by atoms with Gasteiger partial charge in [0, 0.05) is 37.5 Å². The number of carbonyl (C=O) groups is 1. The maximum absolute atomic E-state index is 12.0. The Bertz CT molecular complexity index is 649. The van der Waals surface area contributed by atoms with Crippen molar-refractivity contribution in [3.8, 4) is 11.5 Å². The summed E-state index contributed by atoms with van der Waals surface area (Å²) in [5.74, 6) is 0.981. The van der Waals surface area contributed by atoms with Crippen LogP contribution in [-0.2, 0) is 11.2 Å². The lowest BCUT2D eigenvalue weighted by atomic mass is 10.2. The quantitative estimate of drug-likeness (QED) is 0.862. The molecule has 1 amide bonds. The average molecular weight is 318 g/mol. The van der Waals surface area contributed by atoms with Crippen LogP contribution in [0.3, 0.4) is 0 Å². The number of nitrogens with zero attached hydrogens (tertiary/aromatic N) is 4. The lowest BCUT2D eigenvalue weighted by Crippen LogP contribution is -2.40. The van der Waals surface area contributed by atoms with Gasteiger partial charge in [-0.3, -0.25) is 4.98 Å². The summed E-state index contributed by atoms with van der Waals surface area (Å²) in [6.45, 7) is 7.42. The molecule has 2 aromatic rings. The summed E-state index contributed by atoms with van der Waals surface area (Å²) < 4.78 is 10.6. The van der Waals surface area contributed by atoms with Gasteiger partial charge in [0.15, 0.2) is 5.82 Å². The molecule has 1 atom stereocenters. The van der Waals surface area contributed by atoms with Gasteiger partial charge in [0.2, 0.25) is 0 Å². The Kier molecular flexibility index (Phi) is 4.98. The molecule has 0 radical (unpaired) electrons. The fourth-order valence-corrected chi connectivity index (χ4v) is 1.86. The van der Waals surface area contributed by atoms with Gasteiger partial charge in [0.05, 0.1) is 0 Å². The minimum Gasteiger partial charge on any atom is -0.444 e. The van der Waals surface area contributed by atoms with E-state index in [2.05, 4.69) is 15.1 Å². The zero-order valence-corrected chi connectivity index (χ0v) is 14.1. The molecule has 0 aliphatic heterocycles. The first-order chi connectivity index (χ1) is 10.8. The van der Waals surface area contributed by atoms with Crippen LogP contribution in [-0.4, -0.2) is 44.8 Å². The monoisotopic (exact) mass is 318 g/mol. The van der Waals surface area contributed by atoms with E-state index >= 15 is 0 Å². The third-order valence-electron chi connectivity index (χ3n) is 3.22. The second-order valence-electron chi connectivity index (χ2n) is 6.40. The SMILES string of the molecule is CC(Cc1noc(-c2ccncc2)n1)N(C)C(=O)OC(C)(C)C. The van der Waals surface area contributed by atoms with Crippen molar-refractivity contribution in [3.63, 3.8) is 0 Å². The minimum absolute atomic E-state index is 0.118. The first kappa shape index (κ1) is 16.9. The molecule has 0 saturated carbocycles. The molecular weight excluding hydrogens is 296 g/mol. The molecular formula is C16H22N4O3. The number of pyridine rings is 1. The van der Waals surface area contributed by atoms with Crippen LogP contribution in [0.4, 0.5) is 4.79 Å². The van der Waals surface area contributed by atoms with Crippen molar-refractivity contribution in [2.45, 2.75) is 45.8 Å². The first-order valence-electron chi connectivity index (χ1n) is 7.45. The van der Waals surface area contributed by atoms with Crippen molar-refractivity contribution in [3.05, 3.63) is 30.4 Å². The van der Waals surface area contributed by atoms with E-state index < -0.39 is 5.60 Å². The standard InChI is InChI=1S/C16H22N4O3/c1-11(20(5)15(21)22-16(2,3)4)10-13-18-14(23-19-13)12-6-8-17-9-7-12/h6-9,11H,10H2,1-5H3. The van der Waals surface area contributed by atoms with Crippen LogP contribution >= 0.6 is 0 Å². The van der Waals surface area contributed by atoms with Crippen molar-refractivity contribution in [2.75, 3.05) is 7.05 Å². The summed E-state index contributed by atoms with van der Waals surface area (Å²) in [5.41, 5.74) is 0.290. The van der Waals surface area contributed by atoms with Gasteiger partial charge in [-0.1, -0.05) is 5.16 Å². The van der Waals surface area contributed by atoms with E-state index in [1.807, 2.05) is 27.7 Å². The van der Waals surface area contributed by atoms with E-state index in [1.54, 1.807) is 31.6 Å². The molecule has 0 spiro atoms. The summed E-state index contributed by atoms with van der Waals surface area (Å²) in [7, 11) is 1.70. The number of ether oxygens (including phenoxy) is 1. The fraction of sp³-hybridized carbons (Fsp3) is 0.500. The van der Waals surface area contributed by atoms with E-state index in [9.17, 15) is 4.79 Å². The molecule has 0 saturated heterocycles. The Morgan fingerprint density at radius 1 is 1.35 bits per heavy atom. The Balaban J connectivity index is 1.99. The van der Waals surface area contributed by atoms with Gasteiger partial charge in [0.25, 0.3) is 5.89 Å². The van der Waals surface area contributed by atoms with E-state index in [4.69, 9.17) is 9.26 Å². The Morgan fingerprint density at radius 3 is 2.61 bits per heavy atom. The predicted octanol–water partition coefficient (Wildman–Crippen LogP) is 2.93. The van der Waals surface area contributed by atoms with Gasteiger partial charge >= 0.3 is 6.09 Å². The first-order valence-corrected chi connectivity index (χ1v) is 7.45. The van der Waals surface area contributed by atoms with Crippen LogP contribution < -0.4 is 0 Å². The Labute approximate surface area is 135 Å². The maximum atomic E-state index is 12.0. The van der Waals surface area contributed by atoms with Crippen molar-refractivity contribution < 1.29 is 14.1 Å². The molecule has 124 valence electrons. The van der Waals surface area contributed by atoms with Gasteiger partial charge in [-0.2, -0.15) is 4.98 Å². The molecule has 23 heavy (non-hydrogen) atoms. The van der Waals surface area contributed by atoms with E-state index in [1.165, 1.54) is 4.90 Å². The zero-order valence-electron chi connectivity index (χ0n) is 14.1. The van der Waals surface area contributed by atoms with Gasteiger partial charge in [-0.05, 0) is 39.8 Å². The van der Waals surface area contributed by atoms with Crippen LogP contribution in [0, 0.1) is 0 Å². The third kappa shape index (κ3) is 4.77. The molecule has 0 aromatic carbocycles. The van der Waals surface area contributed by atoms with E-state index in [-0.39, 0.29) is 12.1 Å². The largest absolute Gasteiger partial charge is 0.444 e. The summed E-state index contributed by atoms with van der Waals surface area (Å²) in [6.07, 6.45) is 3.43. The number of carbonyl (C=O) groups excluding carboxylic acids is 1. The lowest BCUT2D eigenvalue weighted by Gasteiger charge is -2.28. The Morgan fingerprint density at radius 2 is 2.00 bits per heavy atom. The number of hydrogen-bond acceptors (Lipinski definition) is 6. The van der Waals surface area contributed by atoms with Gasteiger partial charge in [0.1, 0.15) is 5.60 Å². The molecule has 0 fully saturated rings. The summed E-state index contributed by atoms with van der Waals surface area (Å²) in [5, 5.41) is 3.96. The molecule has 7 nitrogen and oxygen atoms in total. The summed E-state index contributed by atoms with van der Waals surface area (Å²) >= 11 is 0. The number of likely N-dealkylation sites (N-methyl/N-ethyl adjacent to an activating group) is 1. The van der Waals surface area contributed by atoms with Gasteiger partial charge < -0.3 is 14.2 Å². The highest BCUT2D eigenvalue weighted by molar-refractivity contribution is 5.68. The molecule has 7 heteroatoms. The Hall–Kier alpha value is -2.44. The number of amides is 1. The molecule has 0 N–H and O–H groups in total. The smallest absolute Gasteiger partial charge is 0.410 e. The number of aromatic nitrogens is 3. The molecule has 0 bridgehead atoms. The molecule has 2 heterocycles. The van der Waals surface area contributed by atoms with Gasteiger partial charge in [-0.25, -0.2) is 4.79 Å². The highest BCUT2D eigenvalue weighted by Crippen LogP contribution is 2.17. The predicted molar refractivity (Wildman–Crippen MR) is 84.7 cm³/mol. The van der Waals surface area contributed by atoms with Crippen LogP contribution in [0.15, 0.2) is 29.0 Å². The lowest BCUT2D eigenvalue weighted by molar-refractivity contribution is 0.0234. The van der Waals surface area contributed by atoms with Crippen LogP contribution in [0.25, 0.3) is 11.5 Å². The van der Waals surface area contributed by atoms with Crippen LogP contribution in [0.1, 0.15) is 33.5 Å². The zero-order chi connectivity index (χ0) is 17.0. The van der Waals surface area contributed by atoms with E-state index in [0.29, 0.717) is 18.1 Å². The second-order valence-corrected chi connectivity index (χ2v) is 6.40. The maximum Gasteiger partial charge on any atom is 0.410 e. The molecule has 0 aliphatic carbocycles. The van der Waals surface area contributed by atoms with Crippen LogP contribution in [0.2, 0.25) is 0 Å². The summed E-state index contributed by atoms with van der Waals surface area (Å²) in [6, 6.07) is 3.48. The van der Waals surface area contributed by atoms with Crippen molar-refractivity contribution >= 4 is 6.09 Å². The molecule has 1 unspecified atom stereocenters. The molecule has 2 rings (SSSR count). The normalized spacial score (nSPS) is 12.7. The molecule has 0 aliphatic rings. The highest BCUT2D eigenvalue weighted by Gasteiger charge is 2.24. The van der Waals surface area contributed by atoms with Crippen LogP contribution in [0.5, 0.6) is 0 Å². The second kappa shape index (κ2) is 6.76. The average Bonchev–Trinajstić information content (AvgIpc) is 2.94.